The number of para-hydroxylation sites is 1. The van der Waals surface area contributed by atoms with Crippen LogP contribution in [0.3, 0.4) is 0 Å². The van der Waals surface area contributed by atoms with Crippen molar-refractivity contribution in [1.29, 1.82) is 0 Å². The Hall–Kier alpha value is -1.77. The van der Waals surface area contributed by atoms with E-state index >= 15 is 0 Å². The standard InChI is InChI=1S/C25H29N3O2S3/c1-2-27-20-11-7-6-10-18(20)22(26-12-14-32-15-13-26)19(23(27)29)16-21-24(30)28(25(31)33-21)17-8-4-3-5-9-17/h6-7,10-11,16-17H,2-5,8-9,12-15H2,1H3. The van der Waals surface area contributed by atoms with Gasteiger partial charge in [-0.1, -0.05) is 61.4 Å². The highest BCUT2D eigenvalue weighted by molar-refractivity contribution is 8.26. The number of benzene rings is 1. The highest BCUT2D eigenvalue weighted by atomic mass is 32.2. The summed E-state index contributed by atoms with van der Waals surface area (Å²) in [6.07, 6.45) is 7.37. The summed E-state index contributed by atoms with van der Waals surface area (Å²) in [6, 6.07) is 8.33. The normalized spacial score (nSPS) is 21.5. The number of amides is 1. The van der Waals surface area contributed by atoms with E-state index in [1.165, 1.54) is 18.2 Å². The van der Waals surface area contributed by atoms with Crippen molar-refractivity contribution < 1.29 is 4.79 Å². The molecule has 2 saturated heterocycles. The highest BCUT2D eigenvalue weighted by Gasteiger charge is 2.38. The van der Waals surface area contributed by atoms with Crippen molar-refractivity contribution in [2.75, 3.05) is 29.5 Å². The molecular weight excluding hydrogens is 470 g/mol. The number of anilines is 1. The molecule has 0 radical (unpaired) electrons. The molecule has 5 nitrogen and oxygen atoms in total. The van der Waals surface area contributed by atoms with Crippen LogP contribution in [0.15, 0.2) is 34.0 Å². The number of carbonyl (C=O) groups excluding carboxylic acids is 1. The summed E-state index contributed by atoms with van der Waals surface area (Å²) < 4.78 is 2.45. The van der Waals surface area contributed by atoms with Gasteiger partial charge in [0.05, 0.1) is 21.7 Å². The first-order chi connectivity index (χ1) is 16.1. The summed E-state index contributed by atoms with van der Waals surface area (Å²) in [5, 5.41) is 1.07. The average Bonchev–Trinajstić information content (AvgIpc) is 3.13. The lowest BCUT2D eigenvalue weighted by atomic mass is 9.94. The van der Waals surface area contributed by atoms with E-state index in [2.05, 4.69) is 11.0 Å². The van der Waals surface area contributed by atoms with Crippen LogP contribution in [0.5, 0.6) is 0 Å². The van der Waals surface area contributed by atoms with Gasteiger partial charge >= 0.3 is 0 Å². The van der Waals surface area contributed by atoms with Crippen molar-refractivity contribution in [1.82, 2.24) is 9.47 Å². The molecule has 1 aliphatic carbocycles. The molecule has 33 heavy (non-hydrogen) atoms. The number of rotatable bonds is 4. The van der Waals surface area contributed by atoms with E-state index in [0.29, 0.717) is 21.3 Å². The van der Waals surface area contributed by atoms with Gasteiger partial charge in [0.25, 0.3) is 11.5 Å². The Kier molecular flexibility index (Phi) is 6.86. The second-order valence-electron chi connectivity index (χ2n) is 8.77. The van der Waals surface area contributed by atoms with E-state index in [-0.39, 0.29) is 17.5 Å². The van der Waals surface area contributed by atoms with Gasteiger partial charge in [-0.25, -0.2) is 0 Å². The zero-order chi connectivity index (χ0) is 22.9. The lowest BCUT2D eigenvalue weighted by Crippen LogP contribution is -2.39. The van der Waals surface area contributed by atoms with Crippen molar-refractivity contribution in [3.8, 4) is 0 Å². The van der Waals surface area contributed by atoms with Crippen LogP contribution in [0, 0.1) is 0 Å². The number of pyridine rings is 1. The highest BCUT2D eigenvalue weighted by Crippen LogP contribution is 2.39. The molecular formula is C25H29N3O2S3. The Morgan fingerprint density at radius 3 is 2.55 bits per heavy atom. The minimum absolute atomic E-state index is 0.0346. The second-order valence-corrected chi connectivity index (χ2v) is 11.7. The third-order valence-corrected chi connectivity index (χ3v) is 9.14. The number of carbonyl (C=O) groups is 1. The molecule has 2 aliphatic heterocycles. The van der Waals surface area contributed by atoms with Crippen molar-refractivity contribution in [2.24, 2.45) is 0 Å². The number of aromatic nitrogens is 1. The number of fused-ring (bicyclic) bond motifs is 1. The van der Waals surface area contributed by atoms with Crippen LogP contribution < -0.4 is 10.5 Å². The van der Waals surface area contributed by atoms with Crippen LogP contribution in [0.25, 0.3) is 17.0 Å². The zero-order valence-electron chi connectivity index (χ0n) is 18.9. The Morgan fingerprint density at radius 2 is 1.82 bits per heavy atom. The predicted molar refractivity (Wildman–Crippen MR) is 145 cm³/mol. The van der Waals surface area contributed by atoms with E-state index in [1.54, 1.807) is 0 Å². The van der Waals surface area contributed by atoms with Crippen LogP contribution in [0.1, 0.15) is 44.6 Å². The largest absolute Gasteiger partial charge is 0.369 e. The SMILES string of the molecule is CCn1c(=O)c(C=C2SC(=S)N(C3CCCCC3)C2=O)c(N2CCSCC2)c2ccccc21. The number of nitrogens with zero attached hydrogens (tertiary/aromatic N) is 3. The van der Waals surface area contributed by atoms with Gasteiger partial charge in [-0.05, 0) is 31.9 Å². The molecule has 174 valence electrons. The lowest BCUT2D eigenvalue weighted by Gasteiger charge is -2.31. The third-order valence-electron chi connectivity index (χ3n) is 6.86. The molecule has 8 heteroatoms. The van der Waals surface area contributed by atoms with Gasteiger partial charge < -0.3 is 9.47 Å². The van der Waals surface area contributed by atoms with Crippen molar-refractivity contribution in [3.63, 3.8) is 0 Å². The van der Waals surface area contributed by atoms with Crippen molar-refractivity contribution >= 4 is 68.6 Å². The fraction of sp³-hybridized carbons (Fsp3) is 0.480. The summed E-state index contributed by atoms with van der Waals surface area (Å²) in [5.41, 5.74) is 2.49. The Morgan fingerprint density at radius 1 is 1.09 bits per heavy atom. The van der Waals surface area contributed by atoms with Crippen LogP contribution in [0.2, 0.25) is 0 Å². The van der Waals surface area contributed by atoms with Gasteiger partial charge in [0.2, 0.25) is 0 Å². The molecule has 0 atom stereocenters. The van der Waals surface area contributed by atoms with Gasteiger partial charge in [-0.3, -0.25) is 14.5 Å². The minimum atomic E-state index is -0.0349. The molecule has 2 aromatic rings. The summed E-state index contributed by atoms with van der Waals surface area (Å²) in [4.78, 5) is 31.9. The van der Waals surface area contributed by atoms with Gasteiger partial charge in [-0.15, -0.1) is 0 Å². The zero-order valence-corrected chi connectivity index (χ0v) is 21.4. The number of thioether (sulfide) groups is 2. The van der Waals surface area contributed by atoms with Gasteiger partial charge in [0.1, 0.15) is 4.32 Å². The molecule has 0 bridgehead atoms. The summed E-state index contributed by atoms with van der Waals surface area (Å²) in [7, 11) is 0. The lowest BCUT2D eigenvalue weighted by molar-refractivity contribution is -0.124. The third kappa shape index (κ3) is 4.26. The molecule has 1 aromatic carbocycles. The minimum Gasteiger partial charge on any atom is -0.369 e. The first-order valence-corrected chi connectivity index (χ1v) is 14.2. The van der Waals surface area contributed by atoms with E-state index in [9.17, 15) is 9.59 Å². The van der Waals surface area contributed by atoms with Crippen molar-refractivity contribution in [2.45, 2.75) is 51.6 Å². The molecule has 5 rings (SSSR count). The number of aryl methyl sites for hydroxylation is 1. The van der Waals surface area contributed by atoms with Crippen LogP contribution >= 0.6 is 35.7 Å². The first kappa shape index (κ1) is 23.0. The predicted octanol–water partition coefficient (Wildman–Crippen LogP) is 5.11. The van der Waals surface area contributed by atoms with E-state index in [4.69, 9.17) is 12.2 Å². The average molecular weight is 500 g/mol. The summed E-state index contributed by atoms with van der Waals surface area (Å²) in [6.45, 7) is 4.37. The van der Waals surface area contributed by atoms with Crippen LogP contribution in [-0.4, -0.2) is 50.3 Å². The molecule has 3 fully saturated rings. The van der Waals surface area contributed by atoms with E-state index in [0.717, 1.165) is 66.9 Å². The molecule has 3 heterocycles. The Balaban J connectivity index is 1.65. The topological polar surface area (TPSA) is 45.6 Å². The molecule has 3 aliphatic rings. The number of thiocarbonyl (C=S) groups is 1. The maximum atomic E-state index is 13.8. The first-order valence-electron chi connectivity index (χ1n) is 11.9. The van der Waals surface area contributed by atoms with E-state index < -0.39 is 0 Å². The number of hydrogen-bond donors (Lipinski definition) is 0. The van der Waals surface area contributed by atoms with Gasteiger partial charge in [0.15, 0.2) is 0 Å². The fourth-order valence-electron chi connectivity index (χ4n) is 5.25. The molecule has 1 amide bonds. The van der Waals surface area contributed by atoms with Crippen LogP contribution in [-0.2, 0) is 11.3 Å². The Labute approximate surface area is 208 Å². The van der Waals surface area contributed by atoms with E-state index in [1.807, 2.05) is 52.4 Å². The quantitative estimate of drug-likeness (QED) is 0.430. The van der Waals surface area contributed by atoms with Crippen molar-refractivity contribution in [3.05, 3.63) is 45.1 Å². The molecule has 0 N–H and O–H groups in total. The Bertz CT molecular complexity index is 1180. The van der Waals surface area contributed by atoms with Gasteiger partial charge in [0, 0.05) is 42.6 Å². The summed E-state index contributed by atoms with van der Waals surface area (Å²) >= 11 is 8.93. The molecule has 0 unspecified atom stereocenters. The monoisotopic (exact) mass is 499 g/mol. The molecule has 1 saturated carbocycles. The maximum absolute atomic E-state index is 13.8. The van der Waals surface area contributed by atoms with Crippen LogP contribution in [0.4, 0.5) is 5.69 Å². The fourth-order valence-corrected chi connectivity index (χ4v) is 7.53. The molecule has 1 aromatic heterocycles. The molecule has 0 spiro atoms. The second kappa shape index (κ2) is 9.84. The summed E-state index contributed by atoms with van der Waals surface area (Å²) in [5.74, 6) is 2.04. The number of hydrogen-bond acceptors (Lipinski definition) is 6. The smallest absolute Gasteiger partial charge is 0.266 e. The van der Waals surface area contributed by atoms with Gasteiger partial charge in [-0.2, -0.15) is 11.8 Å². The maximum Gasteiger partial charge on any atom is 0.266 e.